The number of rotatable bonds is 8. The maximum absolute atomic E-state index is 13.4. The minimum atomic E-state index is -0.641. The number of aliphatic hydroxyl groups excluding tert-OH is 1. The summed E-state index contributed by atoms with van der Waals surface area (Å²) in [6.45, 7) is 19.3. The van der Waals surface area contributed by atoms with Crippen LogP contribution in [0, 0.1) is 18.3 Å². The molecule has 0 fully saturated rings. The highest BCUT2D eigenvalue weighted by Crippen LogP contribution is 2.43. The highest BCUT2D eigenvalue weighted by molar-refractivity contribution is 5.93. The minimum absolute atomic E-state index is 0.0348. The van der Waals surface area contributed by atoms with Crippen molar-refractivity contribution >= 4 is 5.97 Å². The number of hydrogen-bond acceptors (Lipinski definition) is 4. The molecule has 0 saturated carbocycles. The second-order valence-electron chi connectivity index (χ2n) is 8.10. The van der Waals surface area contributed by atoms with Gasteiger partial charge in [0.1, 0.15) is 5.76 Å². The van der Waals surface area contributed by atoms with Gasteiger partial charge in [-0.25, -0.2) is 4.79 Å². The highest BCUT2D eigenvalue weighted by Gasteiger charge is 2.33. The van der Waals surface area contributed by atoms with Gasteiger partial charge in [0.05, 0.1) is 23.8 Å². The average Bonchev–Trinajstić information content (AvgIpc) is 2.86. The molecule has 1 unspecified atom stereocenters. The first-order valence-electron chi connectivity index (χ1n) is 10.8. The molecule has 4 nitrogen and oxygen atoms in total. The van der Waals surface area contributed by atoms with E-state index in [1.807, 2.05) is 32.9 Å². The quantitative estimate of drug-likeness (QED) is 0.157. The fourth-order valence-electron chi connectivity index (χ4n) is 3.90. The smallest absolute Gasteiger partial charge is 0.335 e. The van der Waals surface area contributed by atoms with Crippen molar-refractivity contribution in [3.8, 4) is 6.07 Å². The fourth-order valence-corrected chi connectivity index (χ4v) is 3.90. The summed E-state index contributed by atoms with van der Waals surface area (Å²) in [7, 11) is 0. The Balaban J connectivity index is 2.91. The second-order valence-corrected chi connectivity index (χ2v) is 8.10. The van der Waals surface area contributed by atoms with Crippen molar-refractivity contribution in [2.24, 2.45) is 0 Å². The van der Waals surface area contributed by atoms with Crippen LogP contribution in [0.25, 0.3) is 0 Å². The van der Waals surface area contributed by atoms with Crippen LogP contribution in [0.4, 0.5) is 0 Å². The summed E-state index contributed by atoms with van der Waals surface area (Å²) in [5.41, 5.74) is 6.19. The van der Waals surface area contributed by atoms with Crippen LogP contribution in [0.15, 0.2) is 101 Å². The Hall–Kier alpha value is -3.84. The summed E-state index contributed by atoms with van der Waals surface area (Å²) < 4.78 is 5.57. The Morgan fingerprint density at radius 1 is 1.24 bits per heavy atom. The molecule has 0 bridgehead atoms. The van der Waals surface area contributed by atoms with E-state index in [-0.39, 0.29) is 12.4 Å². The van der Waals surface area contributed by atoms with Gasteiger partial charge in [0.25, 0.3) is 0 Å². The van der Waals surface area contributed by atoms with E-state index in [9.17, 15) is 15.2 Å². The van der Waals surface area contributed by atoms with Crippen LogP contribution in [-0.2, 0) is 9.53 Å². The van der Waals surface area contributed by atoms with Gasteiger partial charge >= 0.3 is 5.97 Å². The lowest BCUT2D eigenvalue weighted by Crippen LogP contribution is -2.21. The normalized spacial score (nSPS) is 15.4. The molecule has 0 spiro atoms. The number of aryl methyl sites for hydroxylation is 1. The van der Waals surface area contributed by atoms with Gasteiger partial charge in [0.15, 0.2) is 0 Å². The number of carbonyl (C=O) groups excluding carboxylic acids is 1. The van der Waals surface area contributed by atoms with E-state index >= 15 is 0 Å². The third-order valence-electron chi connectivity index (χ3n) is 5.79. The Morgan fingerprint density at radius 3 is 2.52 bits per heavy atom. The molecule has 4 heteroatoms. The average molecular weight is 442 g/mol. The Morgan fingerprint density at radius 2 is 1.94 bits per heavy atom. The molecule has 0 saturated heterocycles. The van der Waals surface area contributed by atoms with E-state index in [0.717, 1.165) is 22.3 Å². The summed E-state index contributed by atoms with van der Waals surface area (Å²) in [4.78, 5) is 13.4. The lowest BCUT2D eigenvalue weighted by Gasteiger charge is -2.27. The summed E-state index contributed by atoms with van der Waals surface area (Å²) in [6.07, 6.45) is 7.33. The van der Waals surface area contributed by atoms with Crippen molar-refractivity contribution in [3.05, 3.63) is 118 Å². The van der Waals surface area contributed by atoms with Gasteiger partial charge < -0.3 is 9.84 Å². The van der Waals surface area contributed by atoms with Gasteiger partial charge in [-0.3, -0.25) is 0 Å². The first kappa shape index (κ1) is 25.4. The SMILES string of the molecule is C=CCCOC(=O)/C(=C(\C)C=C)C(C1=C(C)C(C)=CC(=C)C=C1O)c1ccc(C#N)cc1C. The number of benzene rings is 1. The molecule has 0 radical (unpaired) electrons. The topological polar surface area (TPSA) is 70.3 Å². The monoisotopic (exact) mass is 441 g/mol. The summed E-state index contributed by atoms with van der Waals surface area (Å²) in [6, 6.07) is 7.48. The van der Waals surface area contributed by atoms with E-state index in [2.05, 4.69) is 25.8 Å². The number of hydrogen-bond donors (Lipinski definition) is 1. The predicted octanol–water partition coefficient (Wildman–Crippen LogP) is 6.85. The molecular weight excluding hydrogens is 410 g/mol. The molecule has 33 heavy (non-hydrogen) atoms. The lowest BCUT2D eigenvalue weighted by molar-refractivity contribution is -0.139. The third-order valence-corrected chi connectivity index (χ3v) is 5.79. The molecule has 0 heterocycles. The van der Waals surface area contributed by atoms with Crippen LogP contribution in [0.1, 0.15) is 49.8 Å². The number of ether oxygens (including phenoxy) is 1. The van der Waals surface area contributed by atoms with E-state index in [4.69, 9.17) is 4.74 Å². The van der Waals surface area contributed by atoms with Crippen molar-refractivity contribution in [2.45, 2.75) is 40.0 Å². The zero-order valence-corrected chi connectivity index (χ0v) is 19.9. The van der Waals surface area contributed by atoms with Gasteiger partial charge in [-0.15, -0.1) is 6.58 Å². The molecule has 2 rings (SSSR count). The molecule has 1 atom stereocenters. The molecule has 1 aliphatic carbocycles. The highest BCUT2D eigenvalue weighted by atomic mass is 16.5. The Bertz CT molecular complexity index is 1170. The van der Waals surface area contributed by atoms with Gasteiger partial charge in [0, 0.05) is 11.5 Å². The lowest BCUT2D eigenvalue weighted by atomic mass is 9.77. The zero-order valence-electron chi connectivity index (χ0n) is 19.9. The molecule has 1 aliphatic rings. The number of esters is 1. The van der Waals surface area contributed by atoms with Crippen LogP contribution in [0.5, 0.6) is 0 Å². The molecule has 0 aliphatic heterocycles. The van der Waals surface area contributed by atoms with Crippen molar-refractivity contribution < 1.29 is 14.6 Å². The summed E-state index contributed by atoms with van der Waals surface area (Å²) >= 11 is 0. The molecule has 0 aromatic heterocycles. The molecular formula is C29H31NO3. The minimum Gasteiger partial charge on any atom is -0.508 e. The van der Waals surface area contributed by atoms with Crippen molar-refractivity contribution in [3.63, 3.8) is 0 Å². The van der Waals surface area contributed by atoms with E-state index in [1.165, 1.54) is 0 Å². The van der Waals surface area contributed by atoms with Crippen LogP contribution in [0.2, 0.25) is 0 Å². The molecule has 0 amide bonds. The van der Waals surface area contributed by atoms with Crippen molar-refractivity contribution in [1.29, 1.82) is 5.26 Å². The number of nitrogens with zero attached hydrogens (tertiary/aromatic N) is 1. The number of allylic oxidation sites excluding steroid dienone is 8. The van der Waals surface area contributed by atoms with Gasteiger partial charge in [0.2, 0.25) is 0 Å². The van der Waals surface area contributed by atoms with Crippen molar-refractivity contribution in [2.75, 3.05) is 6.61 Å². The zero-order chi connectivity index (χ0) is 24.7. The Kier molecular flexibility index (Phi) is 8.59. The Labute approximate surface area is 196 Å². The first-order chi connectivity index (χ1) is 15.7. The van der Waals surface area contributed by atoms with Gasteiger partial charge in [-0.05, 0) is 85.7 Å². The van der Waals surface area contributed by atoms with Crippen LogP contribution < -0.4 is 0 Å². The van der Waals surface area contributed by atoms with Crippen molar-refractivity contribution in [1.82, 2.24) is 0 Å². The van der Waals surface area contributed by atoms with Crippen LogP contribution in [0.3, 0.4) is 0 Å². The molecule has 1 aromatic carbocycles. The predicted molar refractivity (Wildman–Crippen MR) is 134 cm³/mol. The number of nitriles is 1. The number of aliphatic hydroxyl groups is 1. The maximum Gasteiger partial charge on any atom is 0.335 e. The summed E-state index contributed by atoms with van der Waals surface area (Å²) in [5.74, 6) is -1.09. The fraction of sp³-hybridized carbons (Fsp3) is 0.241. The van der Waals surface area contributed by atoms with E-state index in [1.54, 1.807) is 37.3 Å². The van der Waals surface area contributed by atoms with E-state index < -0.39 is 11.9 Å². The van der Waals surface area contributed by atoms with E-state index in [0.29, 0.717) is 34.3 Å². The maximum atomic E-state index is 13.4. The molecule has 1 aromatic rings. The van der Waals surface area contributed by atoms with Gasteiger partial charge in [-0.1, -0.05) is 37.5 Å². The largest absolute Gasteiger partial charge is 0.508 e. The standard InChI is InChI=1S/C29H31NO3/c1-8-10-13-33-29(32)26(19(4)9-2)28(24-12-11-23(17-30)16-21(24)6)27-22(7)20(5)14-18(3)15-25(27)31/h8-9,11-12,14-16,28,31H,1-3,10,13H2,4-7H3/b26-19+. The van der Waals surface area contributed by atoms with Gasteiger partial charge in [-0.2, -0.15) is 5.26 Å². The summed E-state index contributed by atoms with van der Waals surface area (Å²) in [5, 5.41) is 20.5. The molecule has 170 valence electrons. The third kappa shape index (κ3) is 5.70. The number of carbonyl (C=O) groups is 1. The molecule has 1 N–H and O–H groups in total. The van der Waals surface area contributed by atoms with Crippen LogP contribution >= 0.6 is 0 Å². The second kappa shape index (κ2) is 11.2. The van der Waals surface area contributed by atoms with Crippen LogP contribution in [-0.4, -0.2) is 17.7 Å². The first-order valence-corrected chi connectivity index (χ1v) is 10.8.